The highest BCUT2D eigenvalue weighted by Crippen LogP contribution is 2.26. The molecule has 0 unspecified atom stereocenters. The molecule has 1 aromatic heterocycles. The van der Waals surface area contributed by atoms with Crippen LogP contribution in [-0.4, -0.2) is 9.88 Å². The van der Waals surface area contributed by atoms with E-state index in [-0.39, 0.29) is 11.7 Å². The number of aromatic nitrogens is 1. The third-order valence-corrected chi connectivity index (χ3v) is 5.25. The Labute approximate surface area is 161 Å². The summed E-state index contributed by atoms with van der Waals surface area (Å²) in [4.78, 5) is 13.3. The number of amides is 1. The van der Waals surface area contributed by atoms with Gasteiger partial charge >= 0.3 is 0 Å². The summed E-state index contributed by atoms with van der Waals surface area (Å²) in [5.41, 5.74) is 2.61. The fourth-order valence-electron chi connectivity index (χ4n) is 2.80. The lowest BCUT2D eigenvalue weighted by Crippen LogP contribution is -2.22. The van der Waals surface area contributed by atoms with Gasteiger partial charge in [0.25, 0.3) is 5.91 Å². The lowest BCUT2D eigenvalue weighted by Gasteiger charge is -2.07. The number of nitrogens with zero attached hydrogens (tertiary/aromatic N) is 1. The average molecular weight is 376 g/mol. The largest absolute Gasteiger partial charge is 0.348 e. The van der Waals surface area contributed by atoms with Gasteiger partial charge in [-0.3, -0.25) is 8.77 Å². The molecule has 0 aliphatic rings. The van der Waals surface area contributed by atoms with Crippen molar-refractivity contribution in [1.82, 2.24) is 9.29 Å². The van der Waals surface area contributed by atoms with E-state index in [0.29, 0.717) is 12.1 Å². The Kier molecular flexibility index (Phi) is 4.94. The number of benzene rings is 3. The maximum absolute atomic E-state index is 12.9. The Morgan fingerprint density at radius 2 is 1.67 bits per heavy atom. The van der Waals surface area contributed by atoms with Gasteiger partial charge in [0.15, 0.2) is 0 Å². The summed E-state index contributed by atoms with van der Waals surface area (Å²) in [6.07, 6.45) is 2.04. The molecule has 27 heavy (non-hydrogen) atoms. The summed E-state index contributed by atoms with van der Waals surface area (Å²) in [7, 11) is 0. The Hall–Kier alpha value is -3.05. The minimum absolute atomic E-state index is 0.151. The van der Waals surface area contributed by atoms with Crippen molar-refractivity contribution < 1.29 is 9.18 Å². The van der Waals surface area contributed by atoms with Crippen molar-refractivity contribution >= 4 is 28.8 Å². The molecule has 0 bridgehead atoms. The molecule has 0 saturated heterocycles. The minimum Gasteiger partial charge on any atom is -0.348 e. The molecule has 1 amide bonds. The Bertz CT molecular complexity index is 1070. The van der Waals surface area contributed by atoms with Crippen LogP contribution >= 0.6 is 11.9 Å². The van der Waals surface area contributed by atoms with Crippen LogP contribution in [0.25, 0.3) is 10.9 Å². The van der Waals surface area contributed by atoms with Gasteiger partial charge < -0.3 is 5.32 Å². The van der Waals surface area contributed by atoms with Crippen molar-refractivity contribution in [2.45, 2.75) is 11.4 Å². The molecule has 0 aliphatic heterocycles. The minimum atomic E-state index is -0.284. The fourth-order valence-corrected chi connectivity index (χ4v) is 3.68. The van der Waals surface area contributed by atoms with Gasteiger partial charge in [0.1, 0.15) is 5.82 Å². The lowest BCUT2D eigenvalue weighted by atomic mass is 10.2. The molecule has 3 aromatic carbocycles. The van der Waals surface area contributed by atoms with E-state index in [2.05, 4.69) is 27.5 Å². The maximum Gasteiger partial charge on any atom is 0.251 e. The van der Waals surface area contributed by atoms with Crippen molar-refractivity contribution in [3.8, 4) is 0 Å². The second-order valence-electron chi connectivity index (χ2n) is 6.13. The molecule has 134 valence electrons. The molecule has 1 heterocycles. The fraction of sp³-hybridized carbons (Fsp3) is 0.0455. The smallest absolute Gasteiger partial charge is 0.251 e. The summed E-state index contributed by atoms with van der Waals surface area (Å²) in [5.74, 6) is -0.434. The van der Waals surface area contributed by atoms with Crippen molar-refractivity contribution in [1.29, 1.82) is 0 Å². The maximum atomic E-state index is 12.9. The lowest BCUT2D eigenvalue weighted by molar-refractivity contribution is 0.0951. The van der Waals surface area contributed by atoms with Crippen LogP contribution in [0.2, 0.25) is 0 Å². The quantitative estimate of drug-likeness (QED) is 0.515. The van der Waals surface area contributed by atoms with Crippen LogP contribution in [0.5, 0.6) is 0 Å². The number of nitrogens with one attached hydrogen (secondary N) is 1. The Morgan fingerprint density at radius 3 is 2.44 bits per heavy atom. The number of hydrogen-bond acceptors (Lipinski definition) is 2. The van der Waals surface area contributed by atoms with Gasteiger partial charge in [0.2, 0.25) is 0 Å². The topological polar surface area (TPSA) is 34.0 Å². The average Bonchev–Trinajstić information content (AvgIpc) is 3.11. The van der Waals surface area contributed by atoms with Gasteiger partial charge in [-0.25, -0.2) is 4.39 Å². The molecule has 0 fully saturated rings. The van der Waals surface area contributed by atoms with Crippen molar-refractivity contribution in [2.75, 3.05) is 0 Å². The molecule has 1 N–H and O–H groups in total. The van der Waals surface area contributed by atoms with Crippen molar-refractivity contribution in [2.24, 2.45) is 0 Å². The van der Waals surface area contributed by atoms with Crippen LogP contribution in [0.4, 0.5) is 4.39 Å². The van der Waals surface area contributed by atoms with E-state index in [1.165, 1.54) is 17.5 Å². The summed E-state index contributed by atoms with van der Waals surface area (Å²) in [5, 5.41) is 4.05. The molecular weight excluding hydrogens is 359 g/mol. The standard InChI is InChI=1S/C22H17FN2OS/c23-19-9-5-16(6-10-19)15-24-22(26)18-7-11-20(12-8-18)27-25-14-13-17-3-1-2-4-21(17)25/h1-14H,15H2,(H,24,26). The molecule has 3 nitrogen and oxygen atoms in total. The van der Waals surface area contributed by atoms with E-state index >= 15 is 0 Å². The van der Waals surface area contributed by atoms with Gasteiger partial charge in [0.05, 0.1) is 5.52 Å². The molecule has 0 spiro atoms. The van der Waals surface area contributed by atoms with Crippen LogP contribution in [0, 0.1) is 5.82 Å². The Morgan fingerprint density at radius 1 is 0.926 bits per heavy atom. The number of para-hydroxylation sites is 1. The zero-order chi connectivity index (χ0) is 18.6. The van der Waals surface area contributed by atoms with Crippen LogP contribution < -0.4 is 5.32 Å². The normalized spacial score (nSPS) is 10.9. The summed E-state index contributed by atoms with van der Waals surface area (Å²) >= 11 is 1.61. The number of hydrogen-bond donors (Lipinski definition) is 1. The van der Waals surface area contributed by atoms with Crippen molar-refractivity contribution in [3.63, 3.8) is 0 Å². The van der Waals surface area contributed by atoms with E-state index in [9.17, 15) is 9.18 Å². The summed E-state index contributed by atoms with van der Waals surface area (Å²) in [6, 6.07) is 23.9. The molecule has 4 aromatic rings. The van der Waals surface area contributed by atoms with E-state index in [1.54, 1.807) is 24.1 Å². The van der Waals surface area contributed by atoms with Gasteiger partial charge in [-0.1, -0.05) is 30.3 Å². The number of fused-ring (bicyclic) bond motifs is 1. The first-order chi connectivity index (χ1) is 13.2. The molecular formula is C22H17FN2OS. The predicted molar refractivity (Wildman–Crippen MR) is 107 cm³/mol. The van der Waals surface area contributed by atoms with Gasteiger partial charge in [0, 0.05) is 28.6 Å². The highest BCUT2D eigenvalue weighted by Gasteiger charge is 2.07. The van der Waals surface area contributed by atoms with E-state index in [1.807, 2.05) is 42.6 Å². The van der Waals surface area contributed by atoms with Crippen LogP contribution in [0.1, 0.15) is 15.9 Å². The monoisotopic (exact) mass is 376 g/mol. The molecule has 0 atom stereocenters. The highest BCUT2D eigenvalue weighted by atomic mass is 32.2. The van der Waals surface area contributed by atoms with Crippen LogP contribution in [0.3, 0.4) is 0 Å². The number of carbonyl (C=O) groups excluding carboxylic acids is 1. The third-order valence-electron chi connectivity index (χ3n) is 4.25. The Balaban J connectivity index is 1.40. The van der Waals surface area contributed by atoms with Gasteiger partial charge in [-0.05, 0) is 66.0 Å². The SMILES string of the molecule is O=C(NCc1ccc(F)cc1)c1ccc(Sn2ccc3ccccc32)cc1. The van der Waals surface area contributed by atoms with Crippen molar-refractivity contribution in [3.05, 3.63) is 102 Å². The number of halogens is 1. The molecule has 0 radical (unpaired) electrons. The summed E-state index contributed by atoms with van der Waals surface area (Å²) < 4.78 is 15.0. The zero-order valence-electron chi connectivity index (χ0n) is 14.4. The van der Waals surface area contributed by atoms with Crippen LogP contribution in [0.15, 0.2) is 90.0 Å². The van der Waals surface area contributed by atoms with E-state index in [0.717, 1.165) is 16.0 Å². The van der Waals surface area contributed by atoms with E-state index < -0.39 is 0 Å². The highest BCUT2D eigenvalue weighted by molar-refractivity contribution is 7.98. The zero-order valence-corrected chi connectivity index (χ0v) is 15.2. The van der Waals surface area contributed by atoms with Gasteiger partial charge in [-0.15, -0.1) is 0 Å². The van der Waals surface area contributed by atoms with Crippen LogP contribution in [-0.2, 0) is 6.54 Å². The number of carbonyl (C=O) groups is 1. The predicted octanol–water partition coefficient (Wildman–Crippen LogP) is 5.27. The van der Waals surface area contributed by atoms with Gasteiger partial charge in [-0.2, -0.15) is 0 Å². The number of rotatable bonds is 5. The molecule has 5 heteroatoms. The summed E-state index contributed by atoms with van der Waals surface area (Å²) in [6.45, 7) is 0.366. The second-order valence-corrected chi connectivity index (χ2v) is 7.17. The molecule has 0 aliphatic carbocycles. The first-order valence-corrected chi connectivity index (χ1v) is 9.33. The third kappa shape index (κ3) is 4.04. The second kappa shape index (κ2) is 7.68. The van der Waals surface area contributed by atoms with E-state index in [4.69, 9.17) is 0 Å². The first-order valence-electron chi connectivity index (χ1n) is 8.56. The molecule has 4 rings (SSSR count). The molecule has 0 saturated carbocycles. The first kappa shape index (κ1) is 17.4.